The summed E-state index contributed by atoms with van der Waals surface area (Å²) in [6.07, 6.45) is 0. The Labute approximate surface area is 218 Å². The van der Waals surface area contributed by atoms with E-state index in [-0.39, 0.29) is 36.5 Å². The lowest BCUT2D eigenvalue weighted by atomic mass is 9.95. The van der Waals surface area contributed by atoms with E-state index >= 15 is 0 Å². The molecule has 0 radical (unpaired) electrons. The highest BCUT2D eigenvalue weighted by Crippen LogP contribution is 2.48. The molecule has 0 saturated carbocycles. The highest BCUT2D eigenvalue weighted by Gasteiger charge is 2.43. The number of aromatic amines is 1. The molecule has 2 aliphatic heterocycles. The van der Waals surface area contributed by atoms with E-state index in [0.29, 0.717) is 34.2 Å². The Morgan fingerprint density at radius 3 is 2.37 bits per heavy atom. The lowest BCUT2D eigenvalue weighted by Crippen LogP contribution is -2.29. The predicted molar refractivity (Wildman–Crippen MR) is 136 cm³/mol. The minimum atomic E-state index is -0.554. The molecule has 3 aromatic carbocycles. The number of fused-ring (bicyclic) bond motifs is 2. The number of hydrogen-bond donors (Lipinski definition) is 2. The average Bonchev–Trinajstić information content (AvgIpc) is 3.65. The van der Waals surface area contributed by atoms with Gasteiger partial charge in [0.05, 0.1) is 33.1 Å². The van der Waals surface area contributed by atoms with Gasteiger partial charge in [-0.05, 0) is 59.7 Å². The number of hydrogen-bond acceptors (Lipinski definition) is 8. The van der Waals surface area contributed by atoms with Gasteiger partial charge < -0.3 is 33.7 Å². The zero-order valence-electron chi connectivity index (χ0n) is 21.0. The quantitative estimate of drug-likeness (QED) is 0.375. The number of amides is 1. The topological polar surface area (TPSA) is 115 Å². The van der Waals surface area contributed by atoms with Crippen LogP contribution in [-0.4, -0.2) is 54.2 Å². The molecule has 0 aliphatic carbocycles. The number of methoxy groups -OCH3 is 3. The van der Waals surface area contributed by atoms with Crippen molar-refractivity contribution in [2.24, 2.45) is 0 Å². The fraction of sp³-hybridized carbons (Fsp3) is 0.214. The van der Waals surface area contributed by atoms with Gasteiger partial charge in [0.2, 0.25) is 12.5 Å². The fourth-order valence-electron chi connectivity index (χ4n) is 4.98. The second kappa shape index (κ2) is 9.22. The number of phenolic OH excluding ortho intramolecular Hbond substituents is 1. The molecule has 10 nitrogen and oxygen atoms in total. The van der Waals surface area contributed by atoms with Crippen molar-refractivity contribution < 1.29 is 33.6 Å². The molecule has 6 rings (SSSR count). The monoisotopic (exact) mass is 515 g/mol. The van der Waals surface area contributed by atoms with Crippen LogP contribution in [0.4, 0.5) is 0 Å². The zero-order valence-corrected chi connectivity index (χ0v) is 21.0. The number of carbonyl (C=O) groups excluding carboxylic acids is 1. The minimum Gasteiger partial charge on any atom is -0.502 e. The van der Waals surface area contributed by atoms with Gasteiger partial charge in [-0.2, -0.15) is 5.10 Å². The Hall–Kier alpha value is -4.86. The third kappa shape index (κ3) is 3.73. The third-order valence-corrected chi connectivity index (χ3v) is 6.84. The molecule has 4 aromatic rings. The molecule has 2 aliphatic rings. The van der Waals surface area contributed by atoms with Crippen LogP contribution in [0.5, 0.6) is 34.5 Å². The lowest BCUT2D eigenvalue weighted by Gasteiger charge is -2.27. The van der Waals surface area contributed by atoms with Crippen LogP contribution in [0.1, 0.15) is 33.2 Å². The van der Waals surface area contributed by atoms with Gasteiger partial charge >= 0.3 is 0 Å². The van der Waals surface area contributed by atoms with E-state index in [1.54, 1.807) is 24.1 Å². The predicted octanol–water partition coefficient (Wildman–Crippen LogP) is 4.28. The second-order valence-electron chi connectivity index (χ2n) is 8.89. The van der Waals surface area contributed by atoms with Gasteiger partial charge in [0.25, 0.3) is 5.91 Å². The highest BCUT2D eigenvalue weighted by molar-refractivity contribution is 6.00. The summed E-state index contributed by atoms with van der Waals surface area (Å²) in [6.45, 7) is 0.453. The third-order valence-electron chi connectivity index (χ3n) is 6.84. The van der Waals surface area contributed by atoms with Crippen molar-refractivity contribution in [3.05, 3.63) is 77.0 Å². The van der Waals surface area contributed by atoms with Gasteiger partial charge in [-0.15, -0.1) is 0 Å². The number of aromatic nitrogens is 2. The molecule has 38 heavy (non-hydrogen) atoms. The molecule has 1 amide bonds. The number of nitrogens with one attached hydrogen (secondary N) is 1. The van der Waals surface area contributed by atoms with Crippen LogP contribution in [0.15, 0.2) is 54.6 Å². The van der Waals surface area contributed by atoms with Gasteiger partial charge in [-0.1, -0.05) is 6.07 Å². The van der Waals surface area contributed by atoms with Crippen molar-refractivity contribution in [3.63, 3.8) is 0 Å². The first kappa shape index (κ1) is 23.5. The molecule has 1 unspecified atom stereocenters. The maximum atomic E-state index is 13.8. The number of H-pyrrole nitrogens is 1. The molecule has 0 saturated heterocycles. The van der Waals surface area contributed by atoms with E-state index in [1.807, 2.05) is 42.5 Å². The van der Waals surface area contributed by atoms with Crippen LogP contribution in [0.3, 0.4) is 0 Å². The average molecular weight is 516 g/mol. The summed E-state index contributed by atoms with van der Waals surface area (Å²) < 4.78 is 27.1. The summed E-state index contributed by atoms with van der Waals surface area (Å²) in [4.78, 5) is 15.6. The maximum absolute atomic E-state index is 13.8. The van der Waals surface area contributed by atoms with Crippen LogP contribution in [-0.2, 0) is 6.54 Å². The van der Waals surface area contributed by atoms with Crippen LogP contribution in [0.25, 0.3) is 11.3 Å². The number of carbonyl (C=O) groups is 1. The van der Waals surface area contributed by atoms with Crippen LogP contribution < -0.4 is 23.7 Å². The van der Waals surface area contributed by atoms with Crippen molar-refractivity contribution in [2.75, 3.05) is 28.1 Å². The summed E-state index contributed by atoms with van der Waals surface area (Å²) in [5.74, 6) is 2.16. The van der Waals surface area contributed by atoms with Gasteiger partial charge in [-0.25, -0.2) is 0 Å². The van der Waals surface area contributed by atoms with Gasteiger partial charge in [0.15, 0.2) is 23.0 Å². The van der Waals surface area contributed by atoms with Gasteiger partial charge in [-0.3, -0.25) is 9.89 Å². The van der Waals surface area contributed by atoms with Crippen LogP contribution in [0, 0.1) is 0 Å². The van der Waals surface area contributed by atoms with Crippen LogP contribution >= 0.6 is 0 Å². The van der Waals surface area contributed by atoms with E-state index in [0.717, 1.165) is 16.7 Å². The molecule has 0 bridgehead atoms. The Morgan fingerprint density at radius 2 is 1.68 bits per heavy atom. The summed E-state index contributed by atoms with van der Waals surface area (Å²) >= 11 is 0. The molecule has 2 N–H and O–H groups in total. The summed E-state index contributed by atoms with van der Waals surface area (Å²) in [6, 6.07) is 16.0. The van der Waals surface area contributed by atoms with E-state index < -0.39 is 6.04 Å². The first-order chi connectivity index (χ1) is 18.5. The maximum Gasteiger partial charge on any atom is 0.273 e. The minimum absolute atomic E-state index is 0.117. The smallest absolute Gasteiger partial charge is 0.273 e. The molecule has 0 spiro atoms. The van der Waals surface area contributed by atoms with Crippen molar-refractivity contribution in [3.8, 4) is 45.8 Å². The Balaban J connectivity index is 1.49. The first-order valence-corrected chi connectivity index (χ1v) is 11.9. The molecular formula is C28H25N3O7. The Bertz CT molecular complexity index is 1510. The first-order valence-electron chi connectivity index (χ1n) is 11.9. The summed E-state index contributed by atoms with van der Waals surface area (Å²) in [7, 11) is 4.54. The number of aromatic hydroxyl groups is 1. The molecule has 1 aromatic heterocycles. The SMILES string of the molecule is COc1ccc(-c2n[nH]c3c2C(c2cc(OC)c(O)c(OC)c2)N(Cc2ccc4c(c2)OCO4)C3=O)cc1. The summed E-state index contributed by atoms with van der Waals surface area (Å²) in [5.41, 5.74) is 4.14. The van der Waals surface area contributed by atoms with Gasteiger partial charge in [0, 0.05) is 17.7 Å². The highest BCUT2D eigenvalue weighted by atomic mass is 16.7. The molecule has 0 fully saturated rings. The molecular weight excluding hydrogens is 490 g/mol. The van der Waals surface area contributed by atoms with E-state index in [9.17, 15) is 9.90 Å². The number of ether oxygens (including phenoxy) is 5. The van der Waals surface area contributed by atoms with Crippen molar-refractivity contribution in [1.29, 1.82) is 0 Å². The zero-order chi connectivity index (χ0) is 26.4. The Kier molecular flexibility index (Phi) is 5.71. The number of benzene rings is 3. The number of rotatable bonds is 7. The largest absolute Gasteiger partial charge is 0.502 e. The lowest BCUT2D eigenvalue weighted by molar-refractivity contribution is 0.0729. The van der Waals surface area contributed by atoms with Crippen LogP contribution in [0.2, 0.25) is 0 Å². The normalized spacial score (nSPS) is 15.5. The molecule has 1 atom stereocenters. The molecule has 10 heteroatoms. The second-order valence-corrected chi connectivity index (χ2v) is 8.89. The fourth-order valence-corrected chi connectivity index (χ4v) is 4.98. The number of nitrogens with zero attached hydrogens (tertiary/aromatic N) is 2. The van der Waals surface area contributed by atoms with Gasteiger partial charge in [0.1, 0.15) is 11.4 Å². The Morgan fingerprint density at radius 1 is 0.974 bits per heavy atom. The number of phenols is 1. The van der Waals surface area contributed by atoms with Crippen molar-refractivity contribution >= 4 is 5.91 Å². The molecule has 194 valence electrons. The van der Waals surface area contributed by atoms with Crippen molar-refractivity contribution in [1.82, 2.24) is 15.1 Å². The van der Waals surface area contributed by atoms with E-state index in [2.05, 4.69) is 10.2 Å². The standard InChI is InChI=1S/C28H25N3O7/c1-34-18-7-5-16(6-8-18)24-23-25(30-29-24)28(33)31(13-15-4-9-19-20(10-15)38-14-37-19)26(23)17-11-21(35-2)27(32)22(12-17)36-3/h4-12,26,32H,13-14H2,1-3H3,(H,29,30). The van der Waals surface area contributed by atoms with E-state index in [4.69, 9.17) is 23.7 Å². The summed E-state index contributed by atoms with van der Waals surface area (Å²) in [5, 5.41) is 18.0. The molecule has 3 heterocycles. The van der Waals surface area contributed by atoms with Crippen molar-refractivity contribution in [2.45, 2.75) is 12.6 Å². The van der Waals surface area contributed by atoms with E-state index in [1.165, 1.54) is 14.2 Å².